The normalized spacial score (nSPS) is 18.2. The van der Waals surface area contributed by atoms with Gasteiger partial charge in [-0.1, -0.05) is 28.9 Å². The van der Waals surface area contributed by atoms with Crippen LogP contribution in [0.15, 0.2) is 18.2 Å². The molecule has 1 aliphatic carbocycles. The average molecular weight is 314 g/mol. The third kappa shape index (κ3) is 2.51. The summed E-state index contributed by atoms with van der Waals surface area (Å²) in [5, 5.41) is 11.0. The highest BCUT2D eigenvalue weighted by Crippen LogP contribution is 2.54. The second kappa shape index (κ2) is 4.88. The first-order valence-electron chi connectivity index (χ1n) is 5.94. The van der Waals surface area contributed by atoms with Crippen LogP contribution in [0.3, 0.4) is 0 Å². The average Bonchev–Trinajstić information content (AvgIpc) is 3.10. The molecule has 0 radical (unpaired) electrons. The molecule has 0 N–H and O–H groups in total. The molecule has 98 valence electrons. The van der Waals surface area contributed by atoms with Crippen molar-refractivity contribution in [2.45, 2.75) is 31.0 Å². The van der Waals surface area contributed by atoms with Crippen molar-refractivity contribution in [3.05, 3.63) is 33.9 Å². The summed E-state index contributed by atoms with van der Waals surface area (Å²) < 4.78 is 5.00. The molecule has 5 heteroatoms. The molecule has 18 heavy (non-hydrogen) atoms. The SMILES string of the molecule is COc1ccc(CC2(C(C)Br)CC2)cc1[N+](=O)[O-]. The molecule has 4 nitrogen and oxygen atoms in total. The van der Waals surface area contributed by atoms with Crippen molar-refractivity contribution in [1.82, 2.24) is 0 Å². The lowest BCUT2D eigenvalue weighted by atomic mass is 9.93. The maximum absolute atomic E-state index is 11.0. The van der Waals surface area contributed by atoms with Gasteiger partial charge in [0.05, 0.1) is 12.0 Å². The lowest BCUT2D eigenvalue weighted by Crippen LogP contribution is -2.15. The topological polar surface area (TPSA) is 52.4 Å². The summed E-state index contributed by atoms with van der Waals surface area (Å²) in [6, 6.07) is 5.23. The van der Waals surface area contributed by atoms with E-state index in [2.05, 4.69) is 22.9 Å². The van der Waals surface area contributed by atoms with E-state index in [0.717, 1.165) is 12.0 Å². The number of ether oxygens (including phenoxy) is 1. The second-order valence-electron chi connectivity index (χ2n) is 4.92. The molecule has 0 spiro atoms. The van der Waals surface area contributed by atoms with E-state index < -0.39 is 0 Å². The van der Waals surface area contributed by atoms with Gasteiger partial charge in [-0.05, 0) is 36.3 Å². The smallest absolute Gasteiger partial charge is 0.311 e. The van der Waals surface area contributed by atoms with Crippen LogP contribution in [0.5, 0.6) is 5.75 Å². The Morgan fingerprint density at radius 2 is 2.22 bits per heavy atom. The molecule has 0 bridgehead atoms. The molecule has 0 heterocycles. The lowest BCUT2D eigenvalue weighted by Gasteiger charge is -2.18. The van der Waals surface area contributed by atoms with Gasteiger partial charge in [0.15, 0.2) is 5.75 Å². The van der Waals surface area contributed by atoms with Crippen molar-refractivity contribution < 1.29 is 9.66 Å². The number of methoxy groups -OCH3 is 1. The zero-order valence-electron chi connectivity index (χ0n) is 10.5. The van der Waals surface area contributed by atoms with E-state index in [1.807, 2.05) is 6.07 Å². The number of nitrogens with zero attached hydrogens (tertiary/aromatic N) is 1. The standard InChI is InChI=1S/C13H16BrNO3/c1-9(14)13(5-6-13)8-10-3-4-12(18-2)11(7-10)15(16)17/h3-4,7,9H,5-6,8H2,1-2H3. The minimum absolute atomic E-state index is 0.0491. The number of benzene rings is 1. The number of hydrogen-bond donors (Lipinski definition) is 0. The van der Waals surface area contributed by atoms with Crippen LogP contribution in [-0.4, -0.2) is 16.9 Å². The quantitative estimate of drug-likeness (QED) is 0.473. The van der Waals surface area contributed by atoms with Crippen LogP contribution in [0, 0.1) is 15.5 Å². The van der Waals surface area contributed by atoms with Gasteiger partial charge in [-0.3, -0.25) is 10.1 Å². The van der Waals surface area contributed by atoms with Crippen LogP contribution in [0.1, 0.15) is 25.3 Å². The van der Waals surface area contributed by atoms with Crippen molar-refractivity contribution in [2.24, 2.45) is 5.41 Å². The summed E-state index contributed by atoms with van der Waals surface area (Å²) in [7, 11) is 1.45. The first kappa shape index (κ1) is 13.3. The minimum Gasteiger partial charge on any atom is -0.490 e. The van der Waals surface area contributed by atoms with Crippen LogP contribution in [0.25, 0.3) is 0 Å². The molecule has 2 rings (SSSR count). The largest absolute Gasteiger partial charge is 0.490 e. The van der Waals surface area contributed by atoms with E-state index in [0.29, 0.717) is 10.6 Å². The van der Waals surface area contributed by atoms with Gasteiger partial charge < -0.3 is 4.74 Å². The molecule has 1 aromatic carbocycles. The Hall–Kier alpha value is -1.10. The van der Waals surface area contributed by atoms with Gasteiger partial charge in [0, 0.05) is 10.9 Å². The number of rotatable bonds is 5. The maximum Gasteiger partial charge on any atom is 0.311 e. The van der Waals surface area contributed by atoms with Gasteiger partial charge in [0.1, 0.15) is 0 Å². The predicted octanol–water partition coefficient (Wildman–Crippen LogP) is 3.71. The molecule has 0 amide bonds. The van der Waals surface area contributed by atoms with Crippen LogP contribution in [0.2, 0.25) is 0 Å². The zero-order valence-corrected chi connectivity index (χ0v) is 12.1. The molecule has 1 saturated carbocycles. The molecule has 0 aromatic heterocycles. The fourth-order valence-corrected chi connectivity index (χ4v) is 2.89. The molecular weight excluding hydrogens is 298 g/mol. The summed E-state index contributed by atoms with van der Waals surface area (Å²) >= 11 is 3.63. The van der Waals surface area contributed by atoms with Gasteiger partial charge in [-0.2, -0.15) is 0 Å². The van der Waals surface area contributed by atoms with E-state index in [1.54, 1.807) is 12.1 Å². The number of hydrogen-bond acceptors (Lipinski definition) is 3. The van der Waals surface area contributed by atoms with E-state index in [1.165, 1.54) is 20.0 Å². The molecule has 1 unspecified atom stereocenters. The van der Waals surface area contributed by atoms with Crippen LogP contribution < -0.4 is 4.74 Å². The van der Waals surface area contributed by atoms with Crippen molar-refractivity contribution >= 4 is 21.6 Å². The first-order valence-corrected chi connectivity index (χ1v) is 6.85. The van der Waals surface area contributed by atoms with Gasteiger partial charge in [-0.25, -0.2) is 0 Å². The molecule has 1 fully saturated rings. The molecule has 0 saturated heterocycles. The number of halogens is 1. The lowest BCUT2D eigenvalue weighted by molar-refractivity contribution is -0.385. The van der Waals surface area contributed by atoms with Gasteiger partial charge in [0.2, 0.25) is 0 Å². The minimum atomic E-state index is -0.389. The fraction of sp³-hybridized carbons (Fsp3) is 0.538. The number of nitro groups is 1. The van der Waals surface area contributed by atoms with Crippen LogP contribution >= 0.6 is 15.9 Å². The van der Waals surface area contributed by atoms with Crippen LogP contribution in [-0.2, 0) is 6.42 Å². The summed E-state index contributed by atoms with van der Waals surface area (Å²) in [4.78, 5) is 11.0. The summed E-state index contributed by atoms with van der Waals surface area (Å²) in [6.45, 7) is 2.14. The highest BCUT2D eigenvalue weighted by atomic mass is 79.9. The Kier molecular flexibility index (Phi) is 3.61. The predicted molar refractivity (Wildman–Crippen MR) is 73.4 cm³/mol. The van der Waals surface area contributed by atoms with Crippen LogP contribution in [0.4, 0.5) is 5.69 Å². The van der Waals surface area contributed by atoms with Gasteiger partial charge in [0.25, 0.3) is 0 Å². The third-order valence-electron chi connectivity index (χ3n) is 3.73. The molecular formula is C13H16BrNO3. The monoisotopic (exact) mass is 313 g/mol. The first-order chi connectivity index (χ1) is 8.48. The van der Waals surface area contributed by atoms with Crippen molar-refractivity contribution in [3.8, 4) is 5.75 Å². The Bertz CT molecular complexity index is 469. The van der Waals surface area contributed by atoms with Gasteiger partial charge in [-0.15, -0.1) is 0 Å². The summed E-state index contributed by atoms with van der Waals surface area (Å²) in [5.41, 5.74) is 1.34. The van der Waals surface area contributed by atoms with E-state index in [4.69, 9.17) is 4.74 Å². The Balaban J connectivity index is 2.25. The highest BCUT2D eigenvalue weighted by Gasteiger charge is 2.46. The Morgan fingerprint density at radius 1 is 1.56 bits per heavy atom. The van der Waals surface area contributed by atoms with Crippen molar-refractivity contribution in [1.29, 1.82) is 0 Å². The number of alkyl halides is 1. The van der Waals surface area contributed by atoms with E-state index >= 15 is 0 Å². The van der Waals surface area contributed by atoms with Crippen molar-refractivity contribution in [3.63, 3.8) is 0 Å². The molecule has 0 aliphatic heterocycles. The van der Waals surface area contributed by atoms with Crippen molar-refractivity contribution in [2.75, 3.05) is 7.11 Å². The molecule has 1 aromatic rings. The summed E-state index contributed by atoms with van der Waals surface area (Å²) in [6.07, 6.45) is 3.24. The van der Waals surface area contributed by atoms with E-state index in [-0.39, 0.29) is 16.0 Å². The Labute approximate surface area is 115 Å². The molecule has 1 atom stereocenters. The second-order valence-corrected chi connectivity index (χ2v) is 6.29. The molecule has 1 aliphatic rings. The highest BCUT2D eigenvalue weighted by molar-refractivity contribution is 9.09. The third-order valence-corrected chi connectivity index (χ3v) is 4.70. The maximum atomic E-state index is 11.0. The number of nitro benzene ring substituents is 1. The van der Waals surface area contributed by atoms with E-state index in [9.17, 15) is 10.1 Å². The van der Waals surface area contributed by atoms with Gasteiger partial charge >= 0.3 is 5.69 Å². The fourth-order valence-electron chi connectivity index (χ4n) is 2.27. The summed E-state index contributed by atoms with van der Waals surface area (Å²) in [5.74, 6) is 0.320. The zero-order chi connectivity index (χ0) is 13.3. The Morgan fingerprint density at radius 3 is 2.67 bits per heavy atom.